The molecule has 0 amide bonds. The van der Waals surface area contributed by atoms with Crippen molar-refractivity contribution in [3.05, 3.63) is 0 Å². The summed E-state index contributed by atoms with van der Waals surface area (Å²) in [6.07, 6.45) is 2.28. The first-order valence-corrected chi connectivity index (χ1v) is 7.77. The lowest BCUT2D eigenvalue weighted by Crippen LogP contribution is -2.38. The van der Waals surface area contributed by atoms with Gasteiger partial charge in [-0.1, -0.05) is 0 Å². The zero-order valence-electron chi connectivity index (χ0n) is 11.6. The van der Waals surface area contributed by atoms with E-state index in [9.17, 15) is 9.59 Å². The second-order valence-electron chi connectivity index (χ2n) is 5.06. The van der Waals surface area contributed by atoms with Gasteiger partial charge in [0.25, 0.3) is 0 Å². The second-order valence-corrected chi connectivity index (χ2v) is 6.35. The van der Waals surface area contributed by atoms with Gasteiger partial charge in [0.2, 0.25) is 0 Å². The van der Waals surface area contributed by atoms with Crippen LogP contribution in [0, 0.1) is 0 Å². The Morgan fingerprint density at radius 1 is 1.47 bits per heavy atom. The van der Waals surface area contributed by atoms with E-state index in [1.807, 2.05) is 13.8 Å². The minimum absolute atomic E-state index is 0.0634. The van der Waals surface area contributed by atoms with Gasteiger partial charge in [-0.2, -0.15) is 0 Å². The number of hydrogen-bond acceptors (Lipinski definition) is 5. The van der Waals surface area contributed by atoms with Crippen molar-refractivity contribution in [2.75, 3.05) is 25.4 Å². The van der Waals surface area contributed by atoms with Gasteiger partial charge in [-0.15, -0.1) is 11.8 Å². The summed E-state index contributed by atoms with van der Waals surface area (Å²) >= 11 is 1.62. The fraction of sp³-hybridized carbons (Fsp3) is 0.846. The van der Waals surface area contributed by atoms with E-state index < -0.39 is 5.97 Å². The third-order valence-electron chi connectivity index (χ3n) is 2.91. The molecular weight excluding hydrogens is 266 g/mol. The first kappa shape index (κ1) is 16.3. The average molecular weight is 289 g/mol. The number of aliphatic carboxylic acids is 1. The van der Waals surface area contributed by atoms with Gasteiger partial charge in [-0.3, -0.25) is 9.59 Å². The molecule has 110 valence electrons. The molecule has 5 nitrogen and oxygen atoms in total. The highest BCUT2D eigenvalue weighted by Gasteiger charge is 2.21. The zero-order chi connectivity index (χ0) is 14.3. The predicted molar refractivity (Wildman–Crippen MR) is 75.4 cm³/mol. The Labute approximate surface area is 118 Å². The number of thioether (sulfide) groups is 1. The number of carbonyl (C=O) groups is 2. The number of rotatable bonds is 7. The highest BCUT2D eigenvalue weighted by atomic mass is 32.2. The van der Waals surface area contributed by atoms with E-state index in [2.05, 4.69) is 4.90 Å². The van der Waals surface area contributed by atoms with E-state index in [1.54, 1.807) is 11.8 Å². The van der Waals surface area contributed by atoms with E-state index in [1.165, 1.54) is 0 Å². The van der Waals surface area contributed by atoms with Crippen molar-refractivity contribution in [1.82, 2.24) is 4.90 Å². The Hall–Kier alpha value is -0.750. The number of likely N-dealkylation sites (tertiary alicyclic amines) is 1. The van der Waals surface area contributed by atoms with Crippen LogP contribution in [0.2, 0.25) is 0 Å². The van der Waals surface area contributed by atoms with Crippen LogP contribution >= 0.6 is 11.8 Å². The van der Waals surface area contributed by atoms with Crippen LogP contribution in [0.1, 0.15) is 33.1 Å². The van der Waals surface area contributed by atoms with Crippen LogP contribution in [-0.2, 0) is 14.3 Å². The van der Waals surface area contributed by atoms with E-state index in [4.69, 9.17) is 9.84 Å². The van der Waals surface area contributed by atoms with Crippen LogP contribution in [-0.4, -0.2) is 58.7 Å². The molecule has 1 atom stereocenters. The SMILES string of the molecule is CC(C)OC(=O)CSC1CCCN(CCC(=O)O)C1. The Balaban J connectivity index is 2.23. The molecule has 0 radical (unpaired) electrons. The average Bonchev–Trinajstić information content (AvgIpc) is 2.34. The Morgan fingerprint density at radius 3 is 2.84 bits per heavy atom. The Morgan fingerprint density at radius 2 is 2.21 bits per heavy atom. The number of esters is 1. The molecule has 0 aliphatic carbocycles. The minimum Gasteiger partial charge on any atom is -0.481 e. The number of carboxylic acid groups (broad SMARTS) is 1. The fourth-order valence-electron chi connectivity index (χ4n) is 2.09. The first-order chi connectivity index (χ1) is 8.97. The van der Waals surface area contributed by atoms with Gasteiger partial charge < -0.3 is 14.7 Å². The number of carbonyl (C=O) groups excluding carboxylic acids is 1. The van der Waals surface area contributed by atoms with Gasteiger partial charge in [0.05, 0.1) is 18.3 Å². The van der Waals surface area contributed by atoms with Crippen LogP contribution in [0.5, 0.6) is 0 Å². The quantitative estimate of drug-likeness (QED) is 0.718. The molecule has 1 N–H and O–H groups in total. The standard InChI is InChI=1S/C13H23NO4S/c1-10(2)18-13(17)9-19-11-4-3-6-14(8-11)7-5-12(15)16/h10-11H,3-9H2,1-2H3,(H,15,16). The van der Waals surface area contributed by atoms with Crippen molar-refractivity contribution in [2.45, 2.75) is 44.5 Å². The Kier molecular flexibility index (Phi) is 7.23. The molecule has 1 aliphatic rings. The number of piperidine rings is 1. The topological polar surface area (TPSA) is 66.8 Å². The summed E-state index contributed by atoms with van der Waals surface area (Å²) in [6, 6.07) is 0. The van der Waals surface area contributed by atoms with Crippen LogP contribution in [0.25, 0.3) is 0 Å². The number of carboxylic acids is 1. The van der Waals surface area contributed by atoms with Gasteiger partial charge in [-0.05, 0) is 33.2 Å². The van der Waals surface area contributed by atoms with Crippen molar-refractivity contribution in [2.24, 2.45) is 0 Å². The molecule has 0 aromatic carbocycles. The third-order valence-corrected chi connectivity index (χ3v) is 4.17. The second kappa shape index (κ2) is 8.43. The van der Waals surface area contributed by atoms with Crippen LogP contribution in [0.15, 0.2) is 0 Å². The largest absolute Gasteiger partial charge is 0.481 e. The van der Waals surface area contributed by atoms with Crippen molar-refractivity contribution in [3.63, 3.8) is 0 Å². The molecule has 0 aromatic heterocycles. The first-order valence-electron chi connectivity index (χ1n) is 6.72. The third kappa shape index (κ3) is 7.42. The van der Waals surface area contributed by atoms with Crippen LogP contribution in [0.3, 0.4) is 0 Å². The lowest BCUT2D eigenvalue weighted by Gasteiger charge is -2.31. The number of hydrogen-bond donors (Lipinski definition) is 1. The van der Waals surface area contributed by atoms with Crippen LogP contribution in [0.4, 0.5) is 0 Å². The predicted octanol–water partition coefficient (Wildman–Crippen LogP) is 1.61. The van der Waals surface area contributed by atoms with Gasteiger partial charge in [-0.25, -0.2) is 0 Å². The van der Waals surface area contributed by atoms with E-state index in [0.717, 1.165) is 25.9 Å². The molecule has 0 bridgehead atoms. The maximum absolute atomic E-state index is 11.5. The van der Waals surface area contributed by atoms with Crippen LogP contribution < -0.4 is 0 Å². The molecule has 1 heterocycles. The lowest BCUT2D eigenvalue weighted by atomic mass is 10.1. The normalized spacial score (nSPS) is 20.5. The van der Waals surface area contributed by atoms with Gasteiger partial charge in [0.15, 0.2) is 0 Å². The Bertz CT molecular complexity index is 309. The van der Waals surface area contributed by atoms with E-state index >= 15 is 0 Å². The maximum Gasteiger partial charge on any atom is 0.316 e. The monoisotopic (exact) mass is 289 g/mol. The molecule has 19 heavy (non-hydrogen) atoms. The minimum atomic E-state index is -0.754. The number of nitrogens with zero attached hydrogens (tertiary/aromatic N) is 1. The summed E-state index contributed by atoms with van der Waals surface area (Å²) in [5.41, 5.74) is 0. The molecule has 1 saturated heterocycles. The van der Waals surface area contributed by atoms with E-state index in [-0.39, 0.29) is 18.5 Å². The molecule has 0 spiro atoms. The molecule has 0 aromatic rings. The summed E-state index contributed by atoms with van der Waals surface area (Å²) in [7, 11) is 0. The molecule has 1 fully saturated rings. The smallest absolute Gasteiger partial charge is 0.316 e. The highest BCUT2D eigenvalue weighted by molar-refractivity contribution is 8.00. The van der Waals surface area contributed by atoms with Gasteiger partial charge in [0, 0.05) is 18.3 Å². The highest BCUT2D eigenvalue weighted by Crippen LogP contribution is 2.22. The van der Waals surface area contributed by atoms with Gasteiger partial charge in [0.1, 0.15) is 0 Å². The summed E-state index contributed by atoms with van der Waals surface area (Å²) in [4.78, 5) is 24.2. The summed E-state index contributed by atoms with van der Waals surface area (Å²) in [6.45, 7) is 6.12. The molecule has 1 aliphatic heterocycles. The molecule has 1 unspecified atom stereocenters. The molecule has 1 rings (SSSR count). The fourth-order valence-corrected chi connectivity index (χ4v) is 3.18. The lowest BCUT2D eigenvalue weighted by molar-refractivity contribution is -0.144. The number of ether oxygens (including phenoxy) is 1. The molecular formula is C13H23NO4S. The zero-order valence-corrected chi connectivity index (χ0v) is 12.4. The van der Waals surface area contributed by atoms with Crippen molar-refractivity contribution < 1.29 is 19.4 Å². The summed E-state index contributed by atoms with van der Waals surface area (Å²) in [5, 5.41) is 9.08. The van der Waals surface area contributed by atoms with E-state index in [0.29, 0.717) is 17.5 Å². The molecule has 0 saturated carbocycles. The summed E-state index contributed by atoms with van der Waals surface area (Å²) in [5.74, 6) is -0.534. The summed E-state index contributed by atoms with van der Waals surface area (Å²) < 4.78 is 5.10. The van der Waals surface area contributed by atoms with Crippen molar-refractivity contribution in [1.29, 1.82) is 0 Å². The maximum atomic E-state index is 11.5. The van der Waals surface area contributed by atoms with Crippen molar-refractivity contribution in [3.8, 4) is 0 Å². The van der Waals surface area contributed by atoms with Gasteiger partial charge >= 0.3 is 11.9 Å². The molecule has 6 heteroatoms. The van der Waals surface area contributed by atoms with Crippen molar-refractivity contribution >= 4 is 23.7 Å².